The van der Waals surface area contributed by atoms with Crippen LogP contribution in [0.3, 0.4) is 0 Å². The van der Waals surface area contributed by atoms with Crippen LogP contribution in [-0.4, -0.2) is 25.5 Å². The maximum atomic E-state index is 13.5. The van der Waals surface area contributed by atoms with Crippen molar-refractivity contribution in [2.24, 2.45) is 0 Å². The lowest BCUT2D eigenvalue weighted by Gasteiger charge is -2.07. The third kappa shape index (κ3) is 2.98. The number of halogens is 4. The van der Waals surface area contributed by atoms with Crippen molar-refractivity contribution in [3.05, 3.63) is 65.8 Å². The van der Waals surface area contributed by atoms with Gasteiger partial charge in [0.2, 0.25) is 0 Å². The van der Waals surface area contributed by atoms with Crippen LogP contribution in [0.4, 0.5) is 23.2 Å². The van der Waals surface area contributed by atoms with Crippen molar-refractivity contribution in [3.8, 4) is 0 Å². The Hall–Kier alpha value is -3.17. The van der Waals surface area contributed by atoms with Gasteiger partial charge in [-0.2, -0.15) is 10.2 Å². The van der Waals surface area contributed by atoms with E-state index < -0.39 is 34.9 Å². The van der Waals surface area contributed by atoms with Crippen LogP contribution in [-0.2, 0) is 6.67 Å². The molecule has 0 aliphatic carbocycles. The number of hydrogen-bond donors (Lipinski definition) is 1. The zero-order chi connectivity index (χ0) is 17.3. The fourth-order valence-electron chi connectivity index (χ4n) is 1.95. The zero-order valence-corrected chi connectivity index (χ0v) is 11.9. The molecule has 1 amide bonds. The summed E-state index contributed by atoms with van der Waals surface area (Å²) in [5.74, 6) is -7.64. The first kappa shape index (κ1) is 15.7. The second-order valence-corrected chi connectivity index (χ2v) is 4.72. The lowest BCUT2D eigenvalue weighted by molar-refractivity contribution is 0.102. The summed E-state index contributed by atoms with van der Waals surface area (Å²) in [5.41, 5.74) is -1.40. The Balaban J connectivity index is 1.80. The van der Waals surface area contributed by atoms with Crippen LogP contribution in [0.5, 0.6) is 0 Å². The van der Waals surface area contributed by atoms with Gasteiger partial charge in [0.1, 0.15) is 12.4 Å². The Kier molecular flexibility index (Phi) is 4.02. The number of hydrogen-bond acceptors (Lipinski definition) is 3. The minimum Gasteiger partial charge on any atom is -0.315 e. The number of benzene rings is 1. The van der Waals surface area contributed by atoms with Gasteiger partial charge in [0.15, 0.2) is 29.0 Å². The molecule has 3 aromatic rings. The highest BCUT2D eigenvalue weighted by Gasteiger charge is 2.22. The summed E-state index contributed by atoms with van der Waals surface area (Å²) >= 11 is 0. The Labute approximate surface area is 132 Å². The molecule has 124 valence electrons. The molecule has 10 heteroatoms. The van der Waals surface area contributed by atoms with E-state index in [2.05, 4.69) is 10.2 Å². The molecule has 24 heavy (non-hydrogen) atoms. The van der Waals surface area contributed by atoms with Gasteiger partial charge in [-0.1, -0.05) is 0 Å². The van der Waals surface area contributed by atoms with Crippen molar-refractivity contribution in [3.63, 3.8) is 0 Å². The van der Waals surface area contributed by atoms with Crippen molar-refractivity contribution in [1.29, 1.82) is 0 Å². The smallest absolute Gasteiger partial charge is 0.276 e. The molecule has 0 bridgehead atoms. The van der Waals surface area contributed by atoms with E-state index in [4.69, 9.17) is 0 Å². The zero-order valence-electron chi connectivity index (χ0n) is 11.9. The highest BCUT2D eigenvalue weighted by atomic mass is 19.2. The average Bonchev–Trinajstić information content (AvgIpc) is 3.22. The van der Waals surface area contributed by atoms with E-state index in [1.54, 1.807) is 23.8 Å². The van der Waals surface area contributed by atoms with Crippen LogP contribution >= 0.6 is 0 Å². The van der Waals surface area contributed by atoms with E-state index in [0.29, 0.717) is 0 Å². The molecule has 0 saturated heterocycles. The Morgan fingerprint density at radius 1 is 1.08 bits per heavy atom. The SMILES string of the molecule is O=C(Nc1c(F)c(F)cc(F)c1F)c1ccn(Cn2cccn2)n1. The normalized spacial score (nSPS) is 10.8. The summed E-state index contributed by atoms with van der Waals surface area (Å²) < 4.78 is 56.2. The molecule has 0 radical (unpaired) electrons. The predicted octanol–water partition coefficient (Wildman–Crippen LogP) is 2.39. The number of nitrogens with zero attached hydrogens (tertiary/aromatic N) is 4. The fourth-order valence-corrected chi connectivity index (χ4v) is 1.95. The molecule has 2 aromatic heterocycles. The van der Waals surface area contributed by atoms with Crippen molar-refractivity contribution >= 4 is 11.6 Å². The summed E-state index contributed by atoms with van der Waals surface area (Å²) in [6.07, 6.45) is 4.67. The van der Waals surface area contributed by atoms with Gasteiger partial charge in [-0.3, -0.25) is 14.2 Å². The van der Waals surface area contributed by atoms with E-state index in [-0.39, 0.29) is 18.4 Å². The molecule has 0 fully saturated rings. The Morgan fingerprint density at radius 2 is 1.79 bits per heavy atom. The fraction of sp³-hybridized carbons (Fsp3) is 0.0714. The molecular formula is C14H9F4N5O. The van der Waals surface area contributed by atoms with Crippen molar-refractivity contribution in [1.82, 2.24) is 19.6 Å². The van der Waals surface area contributed by atoms with Crippen molar-refractivity contribution < 1.29 is 22.4 Å². The number of anilines is 1. The van der Waals surface area contributed by atoms with Gasteiger partial charge < -0.3 is 5.32 Å². The van der Waals surface area contributed by atoms with Gasteiger partial charge in [-0.25, -0.2) is 17.6 Å². The van der Waals surface area contributed by atoms with Gasteiger partial charge in [0.05, 0.1) is 0 Å². The van der Waals surface area contributed by atoms with Gasteiger partial charge >= 0.3 is 0 Å². The molecule has 3 rings (SSSR count). The van der Waals surface area contributed by atoms with E-state index in [1.807, 2.05) is 0 Å². The van der Waals surface area contributed by atoms with E-state index in [9.17, 15) is 22.4 Å². The number of carbonyl (C=O) groups excluding carboxylic acids is 1. The number of nitrogens with one attached hydrogen (secondary N) is 1. The number of rotatable bonds is 4. The summed E-state index contributed by atoms with van der Waals surface area (Å²) in [6.45, 7) is 0.206. The molecular weight excluding hydrogens is 330 g/mol. The highest BCUT2D eigenvalue weighted by Crippen LogP contribution is 2.24. The van der Waals surface area contributed by atoms with Crippen LogP contribution < -0.4 is 5.32 Å². The number of aromatic nitrogens is 4. The first-order valence-electron chi connectivity index (χ1n) is 6.61. The second kappa shape index (κ2) is 6.14. The van der Waals surface area contributed by atoms with Gasteiger partial charge in [0.25, 0.3) is 5.91 Å². The van der Waals surface area contributed by atoms with Crippen molar-refractivity contribution in [2.45, 2.75) is 6.67 Å². The highest BCUT2D eigenvalue weighted by molar-refractivity contribution is 6.02. The lowest BCUT2D eigenvalue weighted by Crippen LogP contribution is -2.17. The molecule has 0 spiro atoms. The molecule has 0 aliphatic rings. The Bertz CT molecular complexity index is 865. The van der Waals surface area contributed by atoms with Gasteiger partial charge in [-0.05, 0) is 12.1 Å². The third-order valence-electron chi connectivity index (χ3n) is 3.07. The van der Waals surface area contributed by atoms with Crippen LogP contribution in [0.2, 0.25) is 0 Å². The van der Waals surface area contributed by atoms with E-state index in [0.717, 1.165) is 0 Å². The first-order valence-corrected chi connectivity index (χ1v) is 6.61. The maximum Gasteiger partial charge on any atom is 0.276 e. The van der Waals surface area contributed by atoms with E-state index in [1.165, 1.54) is 21.6 Å². The standard InChI is InChI=1S/C14H9F4N5O/c15-8-6-9(16)12(18)13(11(8)17)20-14(24)10-2-5-23(21-10)7-22-4-1-3-19-22/h1-6H,7H2,(H,20,24). The minimum atomic E-state index is -1.70. The summed E-state index contributed by atoms with van der Waals surface area (Å²) in [6, 6.07) is 3.03. The Morgan fingerprint density at radius 3 is 2.42 bits per heavy atom. The van der Waals surface area contributed by atoms with Crippen molar-refractivity contribution in [2.75, 3.05) is 5.32 Å². The lowest BCUT2D eigenvalue weighted by atomic mass is 10.2. The molecule has 1 aromatic carbocycles. The van der Waals surface area contributed by atoms with Gasteiger partial charge in [-0.15, -0.1) is 0 Å². The molecule has 2 heterocycles. The minimum absolute atomic E-state index is 0.0547. The van der Waals surface area contributed by atoms with Crippen LogP contribution in [0, 0.1) is 23.3 Å². The number of carbonyl (C=O) groups is 1. The molecule has 0 aliphatic heterocycles. The summed E-state index contributed by atoms with van der Waals surface area (Å²) in [5, 5.41) is 9.63. The van der Waals surface area contributed by atoms with Crippen LogP contribution in [0.1, 0.15) is 10.5 Å². The summed E-state index contributed by atoms with van der Waals surface area (Å²) in [7, 11) is 0. The average molecular weight is 339 g/mol. The second-order valence-electron chi connectivity index (χ2n) is 4.72. The quantitative estimate of drug-likeness (QED) is 0.586. The number of amides is 1. The van der Waals surface area contributed by atoms with E-state index >= 15 is 0 Å². The van der Waals surface area contributed by atoms with Crippen LogP contribution in [0.15, 0.2) is 36.8 Å². The molecule has 6 nitrogen and oxygen atoms in total. The summed E-state index contributed by atoms with van der Waals surface area (Å²) in [4.78, 5) is 12.0. The maximum absolute atomic E-state index is 13.5. The third-order valence-corrected chi connectivity index (χ3v) is 3.07. The molecule has 0 atom stereocenters. The molecule has 1 N–H and O–H groups in total. The monoisotopic (exact) mass is 339 g/mol. The molecule has 0 unspecified atom stereocenters. The first-order chi connectivity index (χ1) is 11.5. The van der Waals surface area contributed by atoms with Gasteiger partial charge in [0, 0.05) is 24.7 Å². The van der Waals surface area contributed by atoms with Crippen LogP contribution in [0.25, 0.3) is 0 Å². The topological polar surface area (TPSA) is 64.7 Å². The predicted molar refractivity (Wildman–Crippen MR) is 74.1 cm³/mol. The molecule has 0 saturated carbocycles. The largest absolute Gasteiger partial charge is 0.315 e.